The molecule has 1 N–H and O–H groups in total. The van der Waals surface area contributed by atoms with Crippen molar-refractivity contribution in [3.63, 3.8) is 0 Å². The molecule has 2 aliphatic rings. The number of piperidine rings is 1. The van der Waals surface area contributed by atoms with Gasteiger partial charge in [0.05, 0.1) is 18.8 Å². The van der Waals surface area contributed by atoms with Crippen LogP contribution in [0.4, 0.5) is 13.2 Å². The fourth-order valence-electron chi connectivity index (χ4n) is 3.82. The number of carboxylic acid groups (broad SMARTS) is 1. The molecule has 2 aliphatic heterocycles. The van der Waals surface area contributed by atoms with Gasteiger partial charge in [-0.15, -0.1) is 0 Å². The second-order valence-corrected chi connectivity index (χ2v) is 7.83. The molecule has 11 heteroatoms. The zero-order chi connectivity index (χ0) is 21.8. The minimum atomic E-state index is -5.08. The average Bonchev–Trinajstić information content (AvgIpc) is 3.20. The molecule has 3 heterocycles. The van der Waals surface area contributed by atoms with Gasteiger partial charge < -0.3 is 19.6 Å². The van der Waals surface area contributed by atoms with Gasteiger partial charge in [-0.05, 0) is 45.3 Å². The monoisotopic (exact) mass is 420 g/mol. The zero-order valence-electron chi connectivity index (χ0n) is 16.8. The number of aromatic nitrogens is 2. The van der Waals surface area contributed by atoms with E-state index in [1.807, 2.05) is 18.1 Å². The maximum Gasteiger partial charge on any atom is 0.490 e. The van der Waals surface area contributed by atoms with Gasteiger partial charge in [0.2, 0.25) is 0 Å². The first-order valence-electron chi connectivity index (χ1n) is 9.29. The summed E-state index contributed by atoms with van der Waals surface area (Å²) in [5.41, 5.74) is 0.394. The fraction of sp³-hybridized carbons (Fsp3) is 0.722. The molecular formula is C18H27F3N4O4. The van der Waals surface area contributed by atoms with Crippen molar-refractivity contribution in [3.8, 4) is 0 Å². The number of hydrogen-bond acceptors (Lipinski definition) is 5. The van der Waals surface area contributed by atoms with E-state index < -0.39 is 12.1 Å². The maximum absolute atomic E-state index is 12.6. The summed E-state index contributed by atoms with van der Waals surface area (Å²) in [4.78, 5) is 25.6. The molecule has 2 fully saturated rings. The Hall–Kier alpha value is -2.14. The van der Waals surface area contributed by atoms with Crippen molar-refractivity contribution in [3.05, 3.63) is 18.0 Å². The number of hydrogen-bond donors (Lipinski definition) is 1. The molecule has 1 amide bonds. The van der Waals surface area contributed by atoms with Gasteiger partial charge in [-0.1, -0.05) is 0 Å². The van der Waals surface area contributed by atoms with Crippen molar-refractivity contribution >= 4 is 11.9 Å². The van der Waals surface area contributed by atoms with Crippen LogP contribution in [0.2, 0.25) is 0 Å². The predicted molar refractivity (Wildman–Crippen MR) is 97.4 cm³/mol. The number of amides is 1. The Morgan fingerprint density at radius 2 is 2.07 bits per heavy atom. The van der Waals surface area contributed by atoms with Crippen LogP contribution in [0.1, 0.15) is 29.8 Å². The Morgan fingerprint density at radius 3 is 2.59 bits per heavy atom. The summed E-state index contributed by atoms with van der Waals surface area (Å²) in [6.45, 7) is 3.37. The lowest BCUT2D eigenvalue weighted by Crippen LogP contribution is -2.50. The first kappa shape index (κ1) is 23.1. The molecule has 1 aromatic rings. The van der Waals surface area contributed by atoms with Crippen molar-refractivity contribution in [2.24, 2.45) is 13.0 Å². The van der Waals surface area contributed by atoms with E-state index in [9.17, 15) is 18.0 Å². The SMILES string of the molecule is CN(C)CC1COC2(CCCN(C(=O)c3ccn(C)n3)C2)C1.O=C(O)C(F)(F)F. The molecule has 0 bridgehead atoms. The van der Waals surface area contributed by atoms with E-state index in [4.69, 9.17) is 14.6 Å². The molecule has 0 radical (unpaired) electrons. The number of carbonyl (C=O) groups is 2. The van der Waals surface area contributed by atoms with Crippen molar-refractivity contribution in [1.82, 2.24) is 19.6 Å². The third-order valence-electron chi connectivity index (χ3n) is 4.91. The molecule has 1 aromatic heterocycles. The first-order valence-corrected chi connectivity index (χ1v) is 9.29. The van der Waals surface area contributed by atoms with E-state index in [0.29, 0.717) is 18.2 Å². The van der Waals surface area contributed by atoms with Crippen LogP contribution in [-0.2, 0) is 16.6 Å². The molecule has 2 saturated heterocycles. The van der Waals surface area contributed by atoms with Crippen LogP contribution in [0.15, 0.2) is 12.3 Å². The Balaban J connectivity index is 0.000000370. The molecule has 29 heavy (non-hydrogen) atoms. The molecular weight excluding hydrogens is 393 g/mol. The summed E-state index contributed by atoms with van der Waals surface area (Å²) in [6, 6.07) is 1.79. The number of rotatable bonds is 3. The molecule has 0 aliphatic carbocycles. The molecule has 3 rings (SSSR count). The minimum absolute atomic E-state index is 0.0272. The Bertz CT molecular complexity index is 722. The third-order valence-corrected chi connectivity index (χ3v) is 4.91. The lowest BCUT2D eigenvalue weighted by molar-refractivity contribution is -0.192. The van der Waals surface area contributed by atoms with Gasteiger partial charge >= 0.3 is 12.1 Å². The summed E-state index contributed by atoms with van der Waals surface area (Å²) >= 11 is 0. The van der Waals surface area contributed by atoms with Gasteiger partial charge in [0.25, 0.3) is 5.91 Å². The van der Waals surface area contributed by atoms with Gasteiger partial charge in [0.15, 0.2) is 0 Å². The maximum atomic E-state index is 12.6. The largest absolute Gasteiger partial charge is 0.490 e. The van der Waals surface area contributed by atoms with Gasteiger partial charge in [-0.3, -0.25) is 9.48 Å². The Labute approximate surface area is 167 Å². The van der Waals surface area contributed by atoms with E-state index in [0.717, 1.165) is 39.0 Å². The summed E-state index contributed by atoms with van der Waals surface area (Å²) in [5.74, 6) is -2.16. The molecule has 1 spiro atoms. The highest BCUT2D eigenvalue weighted by molar-refractivity contribution is 5.92. The van der Waals surface area contributed by atoms with Crippen LogP contribution in [-0.4, -0.2) is 88.7 Å². The lowest BCUT2D eigenvalue weighted by atomic mass is 9.86. The van der Waals surface area contributed by atoms with E-state index in [-0.39, 0.29) is 11.5 Å². The van der Waals surface area contributed by atoms with Crippen LogP contribution in [0, 0.1) is 5.92 Å². The number of likely N-dealkylation sites (tertiary alicyclic amines) is 1. The second-order valence-electron chi connectivity index (χ2n) is 7.83. The summed E-state index contributed by atoms with van der Waals surface area (Å²) < 4.78 is 39.6. The molecule has 2 atom stereocenters. The highest BCUT2D eigenvalue weighted by atomic mass is 19.4. The number of aryl methyl sites for hydroxylation is 1. The quantitative estimate of drug-likeness (QED) is 0.800. The zero-order valence-corrected chi connectivity index (χ0v) is 16.8. The van der Waals surface area contributed by atoms with Gasteiger partial charge in [-0.25, -0.2) is 4.79 Å². The minimum Gasteiger partial charge on any atom is -0.475 e. The van der Waals surface area contributed by atoms with Crippen LogP contribution in [0.3, 0.4) is 0 Å². The molecule has 0 aromatic carbocycles. The molecule has 2 unspecified atom stereocenters. The lowest BCUT2D eigenvalue weighted by Gasteiger charge is -2.39. The van der Waals surface area contributed by atoms with Crippen LogP contribution >= 0.6 is 0 Å². The van der Waals surface area contributed by atoms with Crippen LogP contribution in [0.25, 0.3) is 0 Å². The van der Waals surface area contributed by atoms with Crippen LogP contribution < -0.4 is 0 Å². The van der Waals surface area contributed by atoms with Gasteiger partial charge in [-0.2, -0.15) is 18.3 Å². The first-order chi connectivity index (χ1) is 13.4. The normalized spacial score (nSPS) is 24.5. The highest BCUT2D eigenvalue weighted by Crippen LogP contribution is 2.37. The van der Waals surface area contributed by atoms with Crippen LogP contribution in [0.5, 0.6) is 0 Å². The summed E-state index contributed by atoms with van der Waals surface area (Å²) in [7, 11) is 6.03. The van der Waals surface area contributed by atoms with Gasteiger partial charge in [0.1, 0.15) is 5.69 Å². The number of aliphatic carboxylic acids is 1. The number of alkyl halides is 3. The predicted octanol–water partition coefficient (Wildman–Crippen LogP) is 1.63. The van der Waals surface area contributed by atoms with E-state index in [1.54, 1.807) is 10.7 Å². The van der Waals surface area contributed by atoms with Gasteiger partial charge in [0, 0.05) is 26.3 Å². The molecule has 0 saturated carbocycles. The van der Waals surface area contributed by atoms with E-state index >= 15 is 0 Å². The highest BCUT2D eigenvalue weighted by Gasteiger charge is 2.44. The second kappa shape index (κ2) is 9.12. The number of halogens is 3. The number of nitrogens with zero attached hydrogens (tertiary/aromatic N) is 4. The standard InChI is InChI=1S/C16H26N4O2.C2HF3O2/c1-18(2)10-13-9-16(22-11-13)6-4-7-20(12-16)15(21)14-5-8-19(3)17-14;3-2(4,5)1(6)7/h5,8,13H,4,6-7,9-12H2,1-3H3;(H,6,7). The van der Waals surface area contributed by atoms with Crippen molar-refractivity contribution in [1.29, 1.82) is 0 Å². The average molecular weight is 420 g/mol. The topological polar surface area (TPSA) is 87.9 Å². The molecule has 164 valence electrons. The number of carbonyl (C=O) groups excluding carboxylic acids is 1. The van der Waals surface area contributed by atoms with Crippen molar-refractivity contribution in [2.75, 3.05) is 40.3 Å². The van der Waals surface area contributed by atoms with E-state index in [1.165, 1.54) is 0 Å². The fourth-order valence-corrected chi connectivity index (χ4v) is 3.82. The summed E-state index contributed by atoms with van der Waals surface area (Å²) in [6.07, 6.45) is -0.153. The number of carboxylic acids is 1. The Morgan fingerprint density at radius 1 is 1.41 bits per heavy atom. The number of ether oxygens (including phenoxy) is 1. The Kier molecular flexibility index (Phi) is 7.28. The van der Waals surface area contributed by atoms with Crippen molar-refractivity contribution < 1.29 is 32.6 Å². The summed E-state index contributed by atoms with van der Waals surface area (Å²) in [5, 5.41) is 11.4. The van der Waals surface area contributed by atoms with Crippen molar-refractivity contribution in [2.45, 2.75) is 31.0 Å². The third kappa shape index (κ3) is 6.43. The smallest absolute Gasteiger partial charge is 0.475 e. The van der Waals surface area contributed by atoms with E-state index in [2.05, 4.69) is 24.1 Å². The molecule has 8 nitrogen and oxygen atoms in total.